The molecule has 0 bridgehead atoms. The topological polar surface area (TPSA) is 0 Å². The SMILES string of the molecule is CC(Cl)CC[CH]Cl. The average Bonchev–Trinajstić information content (AvgIpc) is 1.61. The quantitative estimate of drug-likeness (QED) is 0.528. The van der Waals surface area contributed by atoms with E-state index in [1.54, 1.807) is 5.88 Å². The molecule has 0 aromatic rings. The highest BCUT2D eigenvalue weighted by atomic mass is 35.5. The van der Waals surface area contributed by atoms with E-state index >= 15 is 0 Å². The minimum atomic E-state index is 0.259. The molecule has 0 fully saturated rings. The Bertz CT molecular complexity index is 35.1. The van der Waals surface area contributed by atoms with Crippen molar-refractivity contribution in [2.24, 2.45) is 0 Å². The molecule has 0 rings (SSSR count). The van der Waals surface area contributed by atoms with Crippen molar-refractivity contribution in [2.75, 3.05) is 0 Å². The van der Waals surface area contributed by atoms with Crippen molar-refractivity contribution in [3.8, 4) is 0 Å². The fourth-order valence-corrected chi connectivity index (χ4v) is 0.545. The van der Waals surface area contributed by atoms with Crippen molar-refractivity contribution in [1.82, 2.24) is 0 Å². The van der Waals surface area contributed by atoms with E-state index in [2.05, 4.69) is 0 Å². The summed E-state index contributed by atoms with van der Waals surface area (Å²) in [5.74, 6) is 1.61. The second kappa shape index (κ2) is 4.73. The summed E-state index contributed by atoms with van der Waals surface area (Å²) in [6, 6.07) is 0. The predicted octanol–water partition coefficient (Wildman–Crippen LogP) is 2.79. The summed E-state index contributed by atoms with van der Waals surface area (Å²) in [5.41, 5.74) is 0. The molecule has 0 aliphatic heterocycles. The zero-order valence-electron chi connectivity index (χ0n) is 4.32. The maximum atomic E-state index is 5.58. The second-order valence-electron chi connectivity index (χ2n) is 1.51. The van der Waals surface area contributed by atoms with Gasteiger partial charge in [-0.15, -0.1) is 23.2 Å². The van der Waals surface area contributed by atoms with Crippen LogP contribution in [0, 0.1) is 5.88 Å². The lowest BCUT2D eigenvalue weighted by Gasteiger charge is -1.95. The first kappa shape index (κ1) is 7.58. The molecule has 2 heteroatoms. The fourth-order valence-electron chi connectivity index (χ4n) is 0.293. The maximum absolute atomic E-state index is 5.58. The zero-order chi connectivity index (χ0) is 5.70. The van der Waals surface area contributed by atoms with Crippen molar-refractivity contribution in [2.45, 2.75) is 25.1 Å². The minimum absolute atomic E-state index is 0.259. The van der Waals surface area contributed by atoms with Gasteiger partial charge in [-0.3, -0.25) is 0 Å². The molecule has 0 saturated heterocycles. The lowest BCUT2D eigenvalue weighted by Crippen LogP contribution is -1.87. The summed E-state index contributed by atoms with van der Waals surface area (Å²) in [4.78, 5) is 0. The van der Waals surface area contributed by atoms with E-state index in [1.165, 1.54) is 0 Å². The molecule has 0 heterocycles. The maximum Gasteiger partial charge on any atom is 0.0500 e. The van der Waals surface area contributed by atoms with E-state index in [9.17, 15) is 0 Å². The first-order valence-corrected chi connectivity index (χ1v) is 3.20. The molecule has 0 nitrogen and oxygen atoms in total. The Morgan fingerprint density at radius 2 is 2.29 bits per heavy atom. The molecule has 0 aliphatic carbocycles. The van der Waals surface area contributed by atoms with Crippen LogP contribution in [-0.2, 0) is 0 Å². The number of hydrogen-bond acceptors (Lipinski definition) is 0. The Balaban J connectivity index is 2.68. The molecular weight excluding hydrogens is 131 g/mol. The van der Waals surface area contributed by atoms with Crippen molar-refractivity contribution in [3.63, 3.8) is 0 Å². The van der Waals surface area contributed by atoms with Crippen molar-refractivity contribution < 1.29 is 0 Å². The molecule has 1 unspecified atom stereocenters. The molecule has 0 aromatic carbocycles. The summed E-state index contributed by atoms with van der Waals surface area (Å²) in [5, 5.41) is 0.259. The molecule has 43 valence electrons. The molecular formula is C5H9Cl2. The van der Waals surface area contributed by atoms with Gasteiger partial charge in [-0.25, -0.2) is 0 Å². The number of rotatable bonds is 3. The van der Waals surface area contributed by atoms with Gasteiger partial charge in [0.15, 0.2) is 0 Å². The Labute approximate surface area is 54.8 Å². The summed E-state index contributed by atoms with van der Waals surface area (Å²) in [6.45, 7) is 1.96. The van der Waals surface area contributed by atoms with Crippen LogP contribution in [0.25, 0.3) is 0 Å². The third-order valence-corrected chi connectivity index (χ3v) is 1.11. The van der Waals surface area contributed by atoms with E-state index in [-0.39, 0.29) is 5.38 Å². The Morgan fingerprint density at radius 1 is 1.71 bits per heavy atom. The molecule has 0 spiro atoms. The highest BCUT2D eigenvalue weighted by Crippen LogP contribution is 2.06. The van der Waals surface area contributed by atoms with Crippen molar-refractivity contribution in [3.05, 3.63) is 5.88 Å². The summed E-state index contributed by atoms with van der Waals surface area (Å²) in [7, 11) is 0. The van der Waals surface area contributed by atoms with Gasteiger partial charge in [-0.05, 0) is 19.8 Å². The third-order valence-electron chi connectivity index (χ3n) is 0.674. The molecule has 0 aliphatic rings. The fraction of sp³-hybridized carbons (Fsp3) is 0.800. The minimum Gasteiger partial charge on any atom is -0.123 e. The van der Waals surface area contributed by atoms with E-state index < -0.39 is 0 Å². The molecule has 1 atom stereocenters. The Hall–Kier alpha value is 0.580. The lowest BCUT2D eigenvalue weighted by molar-refractivity contribution is 0.813. The number of hydrogen-bond donors (Lipinski definition) is 0. The van der Waals surface area contributed by atoms with Gasteiger partial charge in [0.05, 0.1) is 0 Å². The zero-order valence-corrected chi connectivity index (χ0v) is 5.84. The van der Waals surface area contributed by atoms with Crippen LogP contribution in [0.3, 0.4) is 0 Å². The van der Waals surface area contributed by atoms with Gasteiger partial charge in [0, 0.05) is 11.3 Å². The van der Waals surface area contributed by atoms with E-state index in [4.69, 9.17) is 23.2 Å². The van der Waals surface area contributed by atoms with Crippen LogP contribution in [0.1, 0.15) is 19.8 Å². The van der Waals surface area contributed by atoms with Gasteiger partial charge in [0.1, 0.15) is 0 Å². The van der Waals surface area contributed by atoms with Crippen LogP contribution in [0.15, 0.2) is 0 Å². The smallest absolute Gasteiger partial charge is 0.0500 e. The number of alkyl halides is 1. The standard InChI is InChI=1S/C5H9Cl2/c1-5(7)3-2-4-6/h4-5H,2-3H2,1H3. The summed E-state index contributed by atoms with van der Waals surface area (Å²) in [6.07, 6.45) is 1.89. The van der Waals surface area contributed by atoms with E-state index in [1.807, 2.05) is 6.92 Å². The van der Waals surface area contributed by atoms with Crippen LogP contribution in [-0.4, -0.2) is 5.38 Å². The molecule has 7 heavy (non-hydrogen) atoms. The summed E-state index contributed by atoms with van der Waals surface area (Å²) < 4.78 is 0. The Morgan fingerprint density at radius 3 is 2.43 bits per heavy atom. The highest BCUT2D eigenvalue weighted by Gasteiger charge is 1.92. The average molecular weight is 140 g/mol. The summed E-state index contributed by atoms with van der Waals surface area (Å²) >= 11 is 10.8. The largest absolute Gasteiger partial charge is 0.123 e. The van der Waals surface area contributed by atoms with E-state index in [0.717, 1.165) is 12.8 Å². The van der Waals surface area contributed by atoms with Gasteiger partial charge in [0.2, 0.25) is 0 Å². The molecule has 0 saturated carbocycles. The van der Waals surface area contributed by atoms with Gasteiger partial charge in [-0.2, -0.15) is 0 Å². The monoisotopic (exact) mass is 139 g/mol. The van der Waals surface area contributed by atoms with Gasteiger partial charge < -0.3 is 0 Å². The van der Waals surface area contributed by atoms with E-state index in [0.29, 0.717) is 0 Å². The molecule has 0 amide bonds. The highest BCUT2D eigenvalue weighted by molar-refractivity contribution is 6.23. The van der Waals surface area contributed by atoms with Crippen LogP contribution >= 0.6 is 23.2 Å². The first-order chi connectivity index (χ1) is 3.27. The lowest BCUT2D eigenvalue weighted by atomic mass is 10.3. The normalized spacial score (nSPS) is 14.1. The van der Waals surface area contributed by atoms with Gasteiger partial charge in [0.25, 0.3) is 0 Å². The third kappa shape index (κ3) is 6.58. The first-order valence-electron chi connectivity index (χ1n) is 2.33. The molecule has 0 N–H and O–H groups in total. The van der Waals surface area contributed by atoms with Crippen LogP contribution in [0.5, 0.6) is 0 Å². The second-order valence-corrected chi connectivity index (χ2v) is 2.57. The van der Waals surface area contributed by atoms with Crippen molar-refractivity contribution >= 4 is 23.2 Å². The Kier molecular flexibility index (Phi) is 5.12. The molecule has 0 aromatic heterocycles. The van der Waals surface area contributed by atoms with Crippen LogP contribution in [0.2, 0.25) is 0 Å². The predicted molar refractivity (Wildman–Crippen MR) is 34.7 cm³/mol. The number of halogens is 2. The van der Waals surface area contributed by atoms with Crippen molar-refractivity contribution in [1.29, 1.82) is 0 Å². The van der Waals surface area contributed by atoms with Crippen LogP contribution < -0.4 is 0 Å². The molecule has 1 radical (unpaired) electrons. The van der Waals surface area contributed by atoms with Gasteiger partial charge >= 0.3 is 0 Å². The van der Waals surface area contributed by atoms with Gasteiger partial charge in [-0.1, -0.05) is 0 Å². The van der Waals surface area contributed by atoms with Crippen LogP contribution in [0.4, 0.5) is 0 Å².